The molecule has 1 aromatic rings. The summed E-state index contributed by atoms with van der Waals surface area (Å²) in [5, 5.41) is 0. The van der Waals surface area contributed by atoms with E-state index < -0.39 is 0 Å². The molecule has 1 aliphatic heterocycles. The maximum atomic E-state index is 10.5. The lowest BCUT2D eigenvalue weighted by Crippen LogP contribution is -2.25. The molecule has 1 saturated heterocycles. The predicted molar refractivity (Wildman–Crippen MR) is 57.9 cm³/mol. The number of benzene rings is 1. The maximum Gasteiger partial charge on any atom is 0.150 e. The highest BCUT2D eigenvalue weighted by molar-refractivity contribution is 5.75. The Bertz CT molecular complexity index is 318. The van der Waals surface area contributed by atoms with E-state index in [1.165, 1.54) is 18.5 Å². The standard InChI is InChI=1S/C12H15NO/c1-10-3-2-8-13(10)12-6-4-11(9-14)5-7-12/h4-7,9-10H,2-3,8H2,1H3. The van der Waals surface area contributed by atoms with Crippen LogP contribution < -0.4 is 4.90 Å². The quantitative estimate of drug-likeness (QED) is 0.666. The van der Waals surface area contributed by atoms with Gasteiger partial charge >= 0.3 is 0 Å². The van der Waals surface area contributed by atoms with Crippen LogP contribution in [0.2, 0.25) is 0 Å². The Hall–Kier alpha value is -1.31. The fourth-order valence-corrected chi connectivity index (χ4v) is 2.06. The first-order valence-corrected chi connectivity index (χ1v) is 5.13. The molecular formula is C12H15NO. The van der Waals surface area contributed by atoms with Crippen LogP contribution in [0.25, 0.3) is 0 Å². The summed E-state index contributed by atoms with van der Waals surface area (Å²) in [6, 6.07) is 8.47. The monoisotopic (exact) mass is 189 g/mol. The fourth-order valence-electron chi connectivity index (χ4n) is 2.06. The van der Waals surface area contributed by atoms with Crippen molar-refractivity contribution in [1.29, 1.82) is 0 Å². The van der Waals surface area contributed by atoms with Gasteiger partial charge in [0.15, 0.2) is 0 Å². The average Bonchev–Trinajstić information content (AvgIpc) is 2.65. The van der Waals surface area contributed by atoms with Gasteiger partial charge in [-0.05, 0) is 44.0 Å². The van der Waals surface area contributed by atoms with Crippen molar-refractivity contribution in [2.24, 2.45) is 0 Å². The summed E-state index contributed by atoms with van der Waals surface area (Å²) in [6.07, 6.45) is 3.43. The van der Waals surface area contributed by atoms with E-state index in [0.29, 0.717) is 6.04 Å². The molecule has 0 amide bonds. The summed E-state index contributed by atoms with van der Waals surface area (Å²) >= 11 is 0. The lowest BCUT2D eigenvalue weighted by Gasteiger charge is -2.23. The second-order valence-corrected chi connectivity index (χ2v) is 3.89. The summed E-state index contributed by atoms with van der Waals surface area (Å²) in [7, 11) is 0. The van der Waals surface area contributed by atoms with Crippen molar-refractivity contribution in [2.45, 2.75) is 25.8 Å². The van der Waals surface area contributed by atoms with Crippen molar-refractivity contribution in [1.82, 2.24) is 0 Å². The highest BCUT2D eigenvalue weighted by Gasteiger charge is 2.19. The zero-order valence-corrected chi connectivity index (χ0v) is 8.44. The van der Waals surface area contributed by atoms with Gasteiger partial charge in [0.2, 0.25) is 0 Å². The average molecular weight is 189 g/mol. The molecule has 1 heterocycles. The van der Waals surface area contributed by atoms with Crippen molar-refractivity contribution in [3.8, 4) is 0 Å². The number of anilines is 1. The smallest absolute Gasteiger partial charge is 0.150 e. The molecule has 74 valence electrons. The van der Waals surface area contributed by atoms with Crippen LogP contribution >= 0.6 is 0 Å². The fraction of sp³-hybridized carbons (Fsp3) is 0.417. The van der Waals surface area contributed by atoms with E-state index >= 15 is 0 Å². The van der Waals surface area contributed by atoms with E-state index in [1.807, 2.05) is 24.3 Å². The molecule has 1 atom stereocenters. The van der Waals surface area contributed by atoms with Gasteiger partial charge in [-0.2, -0.15) is 0 Å². The molecule has 14 heavy (non-hydrogen) atoms. The van der Waals surface area contributed by atoms with Gasteiger partial charge in [-0.1, -0.05) is 0 Å². The molecule has 0 N–H and O–H groups in total. The highest BCUT2D eigenvalue weighted by Crippen LogP contribution is 2.24. The first kappa shape index (κ1) is 9.25. The zero-order valence-electron chi connectivity index (χ0n) is 8.44. The summed E-state index contributed by atoms with van der Waals surface area (Å²) in [5.74, 6) is 0. The molecular weight excluding hydrogens is 174 g/mol. The van der Waals surface area contributed by atoms with Gasteiger partial charge in [-0.15, -0.1) is 0 Å². The zero-order chi connectivity index (χ0) is 9.97. The van der Waals surface area contributed by atoms with E-state index in [-0.39, 0.29) is 0 Å². The minimum Gasteiger partial charge on any atom is -0.369 e. The molecule has 1 aliphatic rings. The lowest BCUT2D eigenvalue weighted by molar-refractivity contribution is 0.112. The minimum absolute atomic E-state index is 0.636. The number of carbonyl (C=O) groups is 1. The Morgan fingerprint density at radius 1 is 1.36 bits per heavy atom. The van der Waals surface area contributed by atoms with Crippen molar-refractivity contribution in [2.75, 3.05) is 11.4 Å². The largest absolute Gasteiger partial charge is 0.369 e. The molecule has 2 heteroatoms. The van der Waals surface area contributed by atoms with Crippen LogP contribution in [-0.2, 0) is 0 Å². The molecule has 0 radical (unpaired) electrons. The molecule has 0 aromatic heterocycles. The van der Waals surface area contributed by atoms with Crippen LogP contribution in [-0.4, -0.2) is 18.9 Å². The Labute approximate surface area is 84.5 Å². The van der Waals surface area contributed by atoms with Crippen LogP contribution in [0.4, 0.5) is 5.69 Å². The van der Waals surface area contributed by atoms with Gasteiger partial charge in [0.1, 0.15) is 6.29 Å². The van der Waals surface area contributed by atoms with Crippen LogP contribution in [0.5, 0.6) is 0 Å². The SMILES string of the molecule is CC1CCCN1c1ccc(C=O)cc1. The van der Waals surface area contributed by atoms with Crippen molar-refractivity contribution in [3.05, 3.63) is 29.8 Å². The van der Waals surface area contributed by atoms with Gasteiger partial charge < -0.3 is 4.90 Å². The van der Waals surface area contributed by atoms with Crippen LogP contribution in [0.1, 0.15) is 30.1 Å². The summed E-state index contributed by atoms with van der Waals surface area (Å²) in [4.78, 5) is 12.9. The number of hydrogen-bond donors (Lipinski definition) is 0. The maximum absolute atomic E-state index is 10.5. The van der Waals surface area contributed by atoms with Crippen molar-refractivity contribution in [3.63, 3.8) is 0 Å². The Morgan fingerprint density at radius 2 is 2.07 bits per heavy atom. The van der Waals surface area contributed by atoms with Crippen molar-refractivity contribution < 1.29 is 4.79 Å². The second-order valence-electron chi connectivity index (χ2n) is 3.89. The first-order valence-electron chi connectivity index (χ1n) is 5.13. The van der Waals surface area contributed by atoms with Crippen LogP contribution in [0.3, 0.4) is 0 Å². The van der Waals surface area contributed by atoms with Gasteiger partial charge in [0, 0.05) is 23.8 Å². The van der Waals surface area contributed by atoms with Gasteiger partial charge in [-0.25, -0.2) is 0 Å². The normalized spacial score (nSPS) is 21.2. The van der Waals surface area contributed by atoms with Crippen LogP contribution in [0.15, 0.2) is 24.3 Å². The molecule has 2 nitrogen and oxygen atoms in total. The minimum atomic E-state index is 0.636. The molecule has 1 aromatic carbocycles. The molecule has 2 rings (SSSR count). The van der Waals surface area contributed by atoms with E-state index in [4.69, 9.17) is 0 Å². The number of aldehydes is 1. The number of hydrogen-bond acceptors (Lipinski definition) is 2. The molecule has 0 saturated carbocycles. The Kier molecular flexibility index (Phi) is 2.53. The van der Waals surface area contributed by atoms with Gasteiger partial charge in [-0.3, -0.25) is 4.79 Å². The second kappa shape index (κ2) is 3.82. The number of carbonyl (C=O) groups excluding carboxylic acids is 1. The highest BCUT2D eigenvalue weighted by atomic mass is 16.1. The van der Waals surface area contributed by atoms with E-state index in [1.54, 1.807) is 0 Å². The third-order valence-corrected chi connectivity index (χ3v) is 2.91. The molecule has 0 spiro atoms. The Balaban J connectivity index is 2.19. The van der Waals surface area contributed by atoms with E-state index in [0.717, 1.165) is 18.4 Å². The summed E-state index contributed by atoms with van der Waals surface area (Å²) < 4.78 is 0. The number of nitrogens with zero attached hydrogens (tertiary/aromatic N) is 1. The van der Waals surface area contributed by atoms with Gasteiger partial charge in [0.25, 0.3) is 0 Å². The molecule has 1 fully saturated rings. The molecule has 1 unspecified atom stereocenters. The first-order chi connectivity index (χ1) is 6.81. The van der Waals surface area contributed by atoms with Gasteiger partial charge in [0.05, 0.1) is 0 Å². The summed E-state index contributed by atoms with van der Waals surface area (Å²) in [6.45, 7) is 3.39. The topological polar surface area (TPSA) is 20.3 Å². The van der Waals surface area contributed by atoms with E-state index in [9.17, 15) is 4.79 Å². The number of rotatable bonds is 2. The van der Waals surface area contributed by atoms with E-state index in [2.05, 4.69) is 11.8 Å². The molecule has 0 bridgehead atoms. The van der Waals surface area contributed by atoms with Crippen LogP contribution in [0, 0.1) is 0 Å². The third-order valence-electron chi connectivity index (χ3n) is 2.91. The Morgan fingerprint density at radius 3 is 2.57 bits per heavy atom. The predicted octanol–water partition coefficient (Wildman–Crippen LogP) is 2.49. The molecule has 0 aliphatic carbocycles. The lowest BCUT2D eigenvalue weighted by atomic mass is 10.2. The summed E-state index contributed by atoms with van der Waals surface area (Å²) in [5.41, 5.74) is 1.99. The third kappa shape index (κ3) is 1.65. The van der Waals surface area contributed by atoms with Crippen molar-refractivity contribution >= 4 is 12.0 Å².